The molecule has 3 heteroatoms. The van der Waals surface area contributed by atoms with Crippen LogP contribution in [0.2, 0.25) is 0 Å². The molecule has 0 aliphatic heterocycles. The number of aromatic nitrogens is 1. The summed E-state index contributed by atoms with van der Waals surface area (Å²) < 4.78 is 18.5. The van der Waals surface area contributed by atoms with Crippen LogP contribution in [0.25, 0.3) is 0 Å². The molecule has 0 amide bonds. The number of pyridine rings is 1. The van der Waals surface area contributed by atoms with Crippen molar-refractivity contribution in [3.63, 3.8) is 0 Å². The van der Waals surface area contributed by atoms with Crippen LogP contribution in [-0.4, -0.2) is 4.98 Å². The minimum Gasteiger partial charge on any atom is -0.487 e. The molecule has 2 rings (SSSR count). The van der Waals surface area contributed by atoms with Gasteiger partial charge in [0.05, 0.1) is 5.69 Å². The monoisotopic (exact) mass is 261 g/mol. The summed E-state index contributed by atoms with van der Waals surface area (Å²) >= 11 is 0. The minimum absolute atomic E-state index is 0.279. The van der Waals surface area contributed by atoms with E-state index in [9.17, 15) is 4.39 Å². The Hall–Kier alpha value is -1.90. The number of nitrogens with zero attached hydrogens (tertiary/aromatic N) is 1. The van der Waals surface area contributed by atoms with Crippen LogP contribution in [-0.2, 0) is 6.61 Å². The van der Waals surface area contributed by atoms with Gasteiger partial charge in [-0.25, -0.2) is 4.98 Å². The van der Waals surface area contributed by atoms with Gasteiger partial charge in [0.2, 0.25) is 5.95 Å². The quantitative estimate of drug-likeness (QED) is 0.762. The summed E-state index contributed by atoms with van der Waals surface area (Å²) in [6.45, 7) is 8.30. The average molecular weight is 261 g/mol. The highest BCUT2D eigenvalue weighted by molar-refractivity contribution is 5.35. The van der Waals surface area contributed by atoms with Gasteiger partial charge in [0, 0.05) is 0 Å². The van der Waals surface area contributed by atoms with E-state index in [1.54, 1.807) is 12.1 Å². The Balaban J connectivity index is 0.000000861. The zero-order chi connectivity index (χ0) is 14.3. The summed E-state index contributed by atoms with van der Waals surface area (Å²) in [6.07, 6.45) is 0. The van der Waals surface area contributed by atoms with Crippen molar-refractivity contribution in [3.05, 3.63) is 59.2 Å². The second-order valence-corrected chi connectivity index (χ2v) is 4.01. The number of halogens is 1. The van der Waals surface area contributed by atoms with Crippen LogP contribution >= 0.6 is 0 Å². The Bertz CT molecular complexity index is 526. The predicted molar refractivity (Wildman–Crippen MR) is 75.8 cm³/mol. The molecule has 2 aromatic rings. The summed E-state index contributed by atoms with van der Waals surface area (Å²) in [7, 11) is 0. The fourth-order valence-corrected chi connectivity index (χ4v) is 1.64. The highest BCUT2D eigenvalue weighted by Gasteiger charge is 2.02. The molecule has 2 nitrogen and oxygen atoms in total. The smallest absolute Gasteiger partial charge is 0.213 e. The predicted octanol–water partition coefficient (Wildman–Crippen LogP) is 4.44. The number of hydrogen-bond donors (Lipinski definition) is 0. The van der Waals surface area contributed by atoms with E-state index in [-0.39, 0.29) is 6.61 Å². The van der Waals surface area contributed by atoms with Crippen LogP contribution in [0.5, 0.6) is 5.75 Å². The zero-order valence-electron chi connectivity index (χ0n) is 11.9. The van der Waals surface area contributed by atoms with E-state index in [0.29, 0.717) is 5.69 Å². The molecule has 0 spiro atoms. The molecule has 1 aromatic heterocycles. The van der Waals surface area contributed by atoms with Crippen LogP contribution in [0, 0.1) is 19.8 Å². The first-order chi connectivity index (χ1) is 9.15. The standard InChI is InChI=1S/C14H14FNO.C2H6/c1-10-6-7-13(11(2)8-10)17-9-12-4-3-5-14(15)16-12;1-2/h3-8H,9H2,1-2H3;1-2H3. The van der Waals surface area contributed by atoms with Crippen LogP contribution in [0.15, 0.2) is 36.4 Å². The number of benzene rings is 1. The maximum absolute atomic E-state index is 12.9. The molecule has 0 bridgehead atoms. The Morgan fingerprint density at radius 1 is 1.11 bits per heavy atom. The van der Waals surface area contributed by atoms with E-state index in [2.05, 4.69) is 4.98 Å². The molecule has 1 aromatic carbocycles. The normalized spacial score (nSPS) is 9.53. The van der Waals surface area contributed by atoms with E-state index < -0.39 is 5.95 Å². The number of ether oxygens (including phenoxy) is 1. The lowest BCUT2D eigenvalue weighted by Gasteiger charge is -2.09. The molecule has 0 fully saturated rings. The molecule has 0 aliphatic carbocycles. The second kappa shape index (κ2) is 7.52. The molecule has 0 radical (unpaired) electrons. The molecule has 0 aliphatic rings. The fourth-order valence-electron chi connectivity index (χ4n) is 1.64. The first kappa shape index (κ1) is 15.2. The molecule has 0 N–H and O–H groups in total. The number of aryl methyl sites for hydroxylation is 2. The van der Waals surface area contributed by atoms with Gasteiger partial charge in [-0.3, -0.25) is 0 Å². The molecular weight excluding hydrogens is 241 g/mol. The summed E-state index contributed by atoms with van der Waals surface area (Å²) in [5.74, 6) is 0.327. The third kappa shape index (κ3) is 4.70. The van der Waals surface area contributed by atoms with Crippen molar-refractivity contribution in [1.82, 2.24) is 4.98 Å². The summed E-state index contributed by atoms with van der Waals surface area (Å²) in [4.78, 5) is 3.74. The maximum Gasteiger partial charge on any atom is 0.213 e. The van der Waals surface area contributed by atoms with Crippen LogP contribution in [0.4, 0.5) is 4.39 Å². The summed E-state index contributed by atoms with van der Waals surface area (Å²) in [5, 5.41) is 0. The van der Waals surface area contributed by atoms with E-state index in [1.807, 2.05) is 45.9 Å². The van der Waals surface area contributed by atoms with Crippen molar-refractivity contribution < 1.29 is 9.13 Å². The summed E-state index contributed by atoms with van der Waals surface area (Å²) in [5.41, 5.74) is 2.85. The van der Waals surface area contributed by atoms with Gasteiger partial charge in [-0.05, 0) is 37.6 Å². The van der Waals surface area contributed by atoms with E-state index in [0.717, 1.165) is 11.3 Å². The van der Waals surface area contributed by atoms with Gasteiger partial charge in [0.25, 0.3) is 0 Å². The van der Waals surface area contributed by atoms with Crippen molar-refractivity contribution in [2.45, 2.75) is 34.3 Å². The van der Waals surface area contributed by atoms with Gasteiger partial charge in [-0.2, -0.15) is 4.39 Å². The van der Waals surface area contributed by atoms with Crippen molar-refractivity contribution in [2.75, 3.05) is 0 Å². The van der Waals surface area contributed by atoms with E-state index in [4.69, 9.17) is 4.74 Å². The Morgan fingerprint density at radius 2 is 1.84 bits per heavy atom. The van der Waals surface area contributed by atoms with Gasteiger partial charge >= 0.3 is 0 Å². The molecule has 0 saturated carbocycles. The topological polar surface area (TPSA) is 22.1 Å². The fraction of sp³-hybridized carbons (Fsp3) is 0.312. The average Bonchev–Trinajstić information content (AvgIpc) is 2.40. The van der Waals surface area contributed by atoms with Crippen LogP contribution in [0.1, 0.15) is 30.7 Å². The highest BCUT2D eigenvalue weighted by Crippen LogP contribution is 2.19. The van der Waals surface area contributed by atoms with E-state index >= 15 is 0 Å². The Morgan fingerprint density at radius 3 is 2.47 bits per heavy atom. The Labute approximate surface area is 114 Å². The van der Waals surface area contributed by atoms with Crippen LogP contribution in [0.3, 0.4) is 0 Å². The van der Waals surface area contributed by atoms with E-state index in [1.165, 1.54) is 11.6 Å². The first-order valence-electron chi connectivity index (χ1n) is 6.46. The molecule has 1 heterocycles. The number of hydrogen-bond acceptors (Lipinski definition) is 2. The lowest BCUT2D eigenvalue weighted by atomic mass is 10.1. The molecule has 102 valence electrons. The lowest BCUT2D eigenvalue weighted by Crippen LogP contribution is -2.00. The van der Waals surface area contributed by atoms with Crippen molar-refractivity contribution in [2.24, 2.45) is 0 Å². The first-order valence-corrected chi connectivity index (χ1v) is 6.46. The van der Waals surface area contributed by atoms with Gasteiger partial charge < -0.3 is 4.74 Å². The third-order valence-corrected chi connectivity index (χ3v) is 2.48. The summed E-state index contributed by atoms with van der Waals surface area (Å²) in [6, 6.07) is 10.6. The van der Waals surface area contributed by atoms with Crippen molar-refractivity contribution in [1.29, 1.82) is 0 Å². The van der Waals surface area contributed by atoms with Crippen molar-refractivity contribution in [3.8, 4) is 5.75 Å². The molecular formula is C16H20FNO. The zero-order valence-corrected chi connectivity index (χ0v) is 11.9. The molecule has 0 saturated heterocycles. The molecule has 0 unspecified atom stereocenters. The van der Waals surface area contributed by atoms with Gasteiger partial charge in [0.15, 0.2) is 0 Å². The maximum atomic E-state index is 12.9. The molecule has 0 atom stereocenters. The Kier molecular flexibility index (Phi) is 6.00. The van der Waals surface area contributed by atoms with Crippen LogP contribution < -0.4 is 4.74 Å². The second-order valence-electron chi connectivity index (χ2n) is 4.01. The van der Waals surface area contributed by atoms with Gasteiger partial charge in [-0.15, -0.1) is 0 Å². The SMILES string of the molecule is CC.Cc1ccc(OCc2cccc(F)n2)c(C)c1. The minimum atomic E-state index is -0.480. The number of rotatable bonds is 3. The largest absolute Gasteiger partial charge is 0.487 e. The van der Waals surface area contributed by atoms with Gasteiger partial charge in [-0.1, -0.05) is 37.6 Å². The lowest BCUT2D eigenvalue weighted by molar-refractivity contribution is 0.297. The third-order valence-electron chi connectivity index (χ3n) is 2.48. The van der Waals surface area contributed by atoms with Gasteiger partial charge in [0.1, 0.15) is 12.4 Å². The highest BCUT2D eigenvalue weighted by atomic mass is 19.1. The van der Waals surface area contributed by atoms with Crippen molar-refractivity contribution >= 4 is 0 Å². The molecule has 19 heavy (non-hydrogen) atoms.